The molecule has 2 aromatic heterocycles. The van der Waals surface area contributed by atoms with Crippen LogP contribution in [0.4, 0.5) is 0 Å². The summed E-state index contributed by atoms with van der Waals surface area (Å²) in [5.74, 6) is 0.271. The lowest BCUT2D eigenvalue weighted by molar-refractivity contribution is 0.0910. The predicted octanol–water partition coefficient (Wildman–Crippen LogP) is 0.553. The molecule has 2 rings (SSSR count). The second kappa shape index (κ2) is 6.76. The number of carbonyl (C=O) groups excluding carboxylic acids is 1. The quantitative estimate of drug-likeness (QED) is 0.803. The zero-order valence-corrected chi connectivity index (χ0v) is 11.2. The van der Waals surface area contributed by atoms with Crippen LogP contribution in [0.15, 0.2) is 31.0 Å². The van der Waals surface area contributed by atoms with Crippen LogP contribution in [0.3, 0.4) is 0 Å². The van der Waals surface area contributed by atoms with Crippen LogP contribution in [0.2, 0.25) is 0 Å². The molecule has 1 amide bonds. The molecule has 0 bridgehead atoms. The Kier molecular flexibility index (Phi) is 4.78. The summed E-state index contributed by atoms with van der Waals surface area (Å²) in [6, 6.07) is 3.23. The summed E-state index contributed by atoms with van der Waals surface area (Å²) in [5, 5.41) is 16.3. The third-order valence-corrected chi connectivity index (χ3v) is 2.78. The van der Waals surface area contributed by atoms with E-state index in [0.717, 1.165) is 6.42 Å². The molecule has 106 valence electrons. The average molecular weight is 275 g/mol. The zero-order chi connectivity index (χ0) is 14.4. The number of aliphatic hydroxyl groups is 1. The Balaban J connectivity index is 2.02. The van der Waals surface area contributed by atoms with Gasteiger partial charge < -0.3 is 10.4 Å². The summed E-state index contributed by atoms with van der Waals surface area (Å²) in [4.78, 5) is 19.9. The molecule has 0 aliphatic rings. The molecule has 2 N–H and O–H groups in total. The van der Waals surface area contributed by atoms with Gasteiger partial charge in [-0.1, -0.05) is 13.3 Å². The predicted molar refractivity (Wildman–Crippen MR) is 72.4 cm³/mol. The lowest BCUT2D eigenvalue weighted by Gasteiger charge is -2.11. The van der Waals surface area contributed by atoms with Crippen molar-refractivity contribution in [3.05, 3.63) is 36.5 Å². The minimum atomic E-state index is -0.513. The van der Waals surface area contributed by atoms with E-state index in [1.807, 2.05) is 6.92 Å². The van der Waals surface area contributed by atoms with E-state index in [9.17, 15) is 9.90 Å². The van der Waals surface area contributed by atoms with E-state index in [-0.39, 0.29) is 12.5 Å². The van der Waals surface area contributed by atoms with Gasteiger partial charge in [0.15, 0.2) is 5.82 Å². The van der Waals surface area contributed by atoms with E-state index in [0.29, 0.717) is 17.8 Å². The molecule has 7 nitrogen and oxygen atoms in total. The van der Waals surface area contributed by atoms with Gasteiger partial charge in [0, 0.05) is 18.3 Å². The summed E-state index contributed by atoms with van der Waals surface area (Å²) in [7, 11) is 0. The molecule has 2 aromatic rings. The van der Waals surface area contributed by atoms with E-state index < -0.39 is 6.10 Å². The first-order valence-electron chi connectivity index (χ1n) is 6.48. The van der Waals surface area contributed by atoms with Crippen LogP contribution in [0, 0.1) is 0 Å². The van der Waals surface area contributed by atoms with Gasteiger partial charge in [-0.2, -0.15) is 5.10 Å². The number of hydrogen-bond donors (Lipinski definition) is 2. The number of nitrogens with zero attached hydrogens (tertiary/aromatic N) is 4. The maximum Gasteiger partial charge on any atom is 0.251 e. The van der Waals surface area contributed by atoms with Crippen molar-refractivity contribution < 1.29 is 9.90 Å². The molecule has 0 radical (unpaired) electrons. The van der Waals surface area contributed by atoms with Crippen molar-refractivity contribution in [2.75, 3.05) is 6.54 Å². The molecule has 7 heteroatoms. The van der Waals surface area contributed by atoms with E-state index in [1.54, 1.807) is 12.1 Å². The highest BCUT2D eigenvalue weighted by Crippen LogP contribution is 2.05. The van der Waals surface area contributed by atoms with Gasteiger partial charge in [0.25, 0.3) is 5.91 Å². The van der Waals surface area contributed by atoms with E-state index in [2.05, 4.69) is 20.4 Å². The zero-order valence-electron chi connectivity index (χ0n) is 11.2. The average Bonchev–Trinajstić information content (AvgIpc) is 2.99. The minimum Gasteiger partial charge on any atom is -0.391 e. The molecular formula is C13H17N5O2. The highest BCUT2D eigenvalue weighted by molar-refractivity contribution is 5.94. The molecule has 1 unspecified atom stereocenters. The summed E-state index contributed by atoms with van der Waals surface area (Å²) in [6.45, 7) is 2.23. The van der Waals surface area contributed by atoms with Crippen molar-refractivity contribution in [3.63, 3.8) is 0 Å². The molecule has 0 saturated heterocycles. The van der Waals surface area contributed by atoms with Gasteiger partial charge in [0.1, 0.15) is 12.7 Å². The SMILES string of the molecule is CCCC(O)CNC(=O)c1ccnc(-n2cncn2)c1. The van der Waals surface area contributed by atoms with Gasteiger partial charge in [0.2, 0.25) is 0 Å². The topological polar surface area (TPSA) is 92.9 Å². The van der Waals surface area contributed by atoms with Gasteiger partial charge in [-0.25, -0.2) is 14.6 Å². The third kappa shape index (κ3) is 3.61. The fourth-order valence-corrected chi connectivity index (χ4v) is 1.76. The van der Waals surface area contributed by atoms with Gasteiger partial charge in [-0.3, -0.25) is 4.79 Å². The van der Waals surface area contributed by atoms with Crippen LogP contribution in [-0.4, -0.2) is 43.4 Å². The molecule has 2 heterocycles. The molecule has 0 saturated carbocycles. The molecule has 0 aliphatic carbocycles. The molecule has 20 heavy (non-hydrogen) atoms. The number of pyridine rings is 1. The van der Waals surface area contributed by atoms with Gasteiger partial charge in [0.05, 0.1) is 6.10 Å². The first kappa shape index (κ1) is 14.1. The lowest BCUT2D eigenvalue weighted by atomic mass is 10.2. The Morgan fingerprint density at radius 1 is 1.55 bits per heavy atom. The van der Waals surface area contributed by atoms with Crippen molar-refractivity contribution in [2.45, 2.75) is 25.9 Å². The Morgan fingerprint density at radius 3 is 3.10 bits per heavy atom. The van der Waals surface area contributed by atoms with Crippen molar-refractivity contribution in [3.8, 4) is 5.82 Å². The summed E-state index contributed by atoms with van der Waals surface area (Å²) < 4.78 is 1.47. The standard InChI is InChI=1S/C13H17N5O2/c1-2-3-11(19)7-16-13(20)10-4-5-15-12(6-10)18-9-14-8-17-18/h4-6,8-9,11,19H,2-3,7H2,1H3,(H,16,20). The van der Waals surface area contributed by atoms with E-state index >= 15 is 0 Å². The molecule has 0 spiro atoms. The molecule has 0 fully saturated rings. The van der Waals surface area contributed by atoms with Crippen molar-refractivity contribution in [2.24, 2.45) is 0 Å². The van der Waals surface area contributed by atoms with Gasteiger partial charge in [-0.15, -0.1) is 0 Å². The molecule has 0 aromatic carbocycles. The van der Waals surface area contributed by atoms with Crippen LogP contribution >= 0.6 is 0 Å². The number of aliphatic hydroxyl groups excluding tert-OH is 1. The maximum absolute atomic E-state index is 12.0. The summed E-state index contributed by atoms with van der Waals surface area (Å²) >= 11 is 0. The highest BCUT2D eigenvalue weighted by atomic mass is 16.3. The minimum absolute atomic E-state index is 0.244. The van der Waals surface area contributed by atoms with Crippen LogP contribution in [0.5, 0.6) is 0 Å². The van der Waals surface area contributed by atoms with Gasteiger partial charge >= 0.3 is 0 Å². The largest absolute Gasteiger partial charge is 0.391 e. The lowest BCUT2D eigenvalue weighted by Crippen LogP contribution is -2.32. The summed E-state index contributed by atoms with van der Waals surface area (Å²) in [5.41, 5.74) is 0.467. The number of aromatic nitrogens is 4. The Hall–Kier alpha value is -2.28. The third-order valence-electron chi connectivity index (χ3n) is 2.78. The van der Waals surface area contributed by atoms with Crippen molar-refractivity contribution in [1.29, 1.82) is 0 Å². The van der Waals surface area contributed by atoms with Gasteiger partial charge in [-0.05, 0) is 18.6 Å². The number of amides is 1. The summed E-state index contributed by atoms with van der Waals surface area (Å²) in [6.07, 6.45) is 5.48. The Labute approximate surface area is 116 Å². The highest BCUT2D eigenvalue weighted by Gasteiger charge is 2.10. The fraction of sp³-hybridized carbons (Fsp3) is 0.385. The van der Waals surface area contributed by atoms with E-state index in [4.69, 9.17) is 0 Å². The number of rotatable bonds is 6. The first-order valence-corrected chi connectivity index (χ1v) is 6.48. The van der Waals surface area contributed by atoms with Crippen LogP contribution in [-0.2, 0) is 0 Å². The number of carbonyl (C=O) groups is 1. The Bertz CT molecular complexity index is 556. The monoisotopic (exact) mass is 275 g/mol. The fourth-order valence-electron chi connectivity index (χ4n) is 1.76. The smallest absolute Gasteiger partial charge is 0.251 e. The first-order chi connectivity index (χ1) is 9.70. The van der Waals surface area contributed by atoms with Crippen LogP contribution in [0.1, 0.15) is 30.1 Å². The second-order valence-electron chi connectivity index (χ2n) is 4.40. The van der Waals surface area contributed by atoms with Crippen LogP contribution in [0.25, 0.3) is 5.82 Å². The normalized spacial score (nSPS) is 12.1. The van der Waals surface area contributed by atoms with E-state index in [1.165, 1.54) is 23.5 Å². The molecular weight excluding hydrogens is 258 g/mol. The maximum atomic E-state index is 12.0. The number of nitrogens with one attached hydrogen (secondary N) is 1. The number of hydrogen-bond acceptors (Lipinski definition) is 5. The van der Waals surface area contributed by atoms with Crippen molar-refractivity contribution >= 4 is 5.91 Å². The molecule has 1 atom stereocenters. The Morgan fingerprint density at radius 2 is 2.40 bits per heavy atom. The van der Waals surface area contributed by atoms with Crippen LogP contribution < -0.4 is 5.32 Å². The second-order valence-corrected chi connectivity index (χ2v) is 4.40. The van der Waals surface area contributed by atoms with Crippen molar-refractivity contribution in [1.82, 2.24) is 25.1 Å². The molecule has 0 aliphatic heterocycles.